The van der Waals surface area contributed by atoms with Crippen LogP contribution in [0.3, 0.4) is 0 Å². The summed E-state index contributed by atoms with van der Waals surface area (Å²) in [4.78, 5) is 10.7. The van der Waals surface area contributed by atoms with Crippen LogP contribution in [-0.2, 0) is 17.7 Å². The monoisotopic (exact) mass is 216 g/mol. The smallest absolute Gasteiger partial charge is 0.336 e. The molecule has 0 aromatic heterocycles. The second-order valence-electron chi connectivity index (χ2n) is 2.53. The highest BCUT2D eigenvalue weighted by Gasteiger charge is 2.11. The molecule has 0 amide bonds. The predicted octanol–water partition coefficient (Wildman–Crippen LogP) is 0.458. The summed E-state index contributed by atoms with van der Waals surface area (Å²) in [6.07, 6.45) is 0. The van der Waals surface area contributed by atoms with Crippen LogP contribution in [0.4, 0.5) is 0 Å². The molecule has 0 heterocycles. The molecular formula is C8H8O5S. The largest absolute Gasteiger partial charge is 0.478 e. The molecule has 0 aliphatic carbocycles. The van der Waals surface area contributed by atoms with Gasteiger partial charge in [0, 0.05) is 0 Å². The van der Waals surface area contributed by atoms with Crippen LogP contribution in [-0.4, -0.2) is 24.9 Å². The molecule has 0 saturated carbocycles. The van der Waals surface area contributed by atoms with Gasteiger partial charge in [0.15, 0.2) is 11.1 Å². The van der Waals surface area contributed by atoms with Gasteiger partial charge in [-0.3, -0.25) is 0 Å². The zero-order valence-electron chi connectivity index (χ0n) is 7.01. The second-order valence-corrected chi connectivity index (χ2v) is 3.50. The summed E-state index contributed by atoms with van der Waals surface area (Å²) in [7, 11) is 0. The lowest BCUT2D eigenvalue weighted by atomic mass is 10.1. The molecular weight excluding hydrogens is 208 g/mol. The van der Waals surface area contributed by atoms with Crippen molar-refractivity contribution < 1.29 is 23.8 Å². The second kappa shape index (κ2) is 4.32. The maximum atomic E-state index is 10.7. The maximum Gasteiger partial charge on any atom is 0.336 e. The van der Waals surface area contributed by atoms with Gasteiger partial charge in [0.25, 0.3) is 0 Å². The lowest BCUT2D eigenvalue weighted by molar-refractivity contribution is 0.0693. The Bertz CT molecular complexity index is 387. The number of aromatic carboxylic acids is 1. The fourth-order valence-electron chi connectivity index (χ4n) is 1.00. The summed E-state index contributed by atoms with van der Waals surface area (Å²) in [5.41, 5.74) is 0.0547. The molecule has 3 N–H and O–H groups in total. The van der Waals surface area contributed by atoms with Crippen molar-refractivity contribution in [3.05, 3.63) is 29.3 Å². The van der Waals surface area contributed by atoms with Gasteiger partial charge in [-0.15, -0.1) is 0 Å². The van der Waals surface area contributed by atoms with Crippen LogP contribution in [0.2, 0.25) is 0 Å². The third-order valence-electron chi connectivity index (χ3n) is 1.68. The highest BCUT2D eigenvalue weighted by atomic mass is 32.2. The molecule has 1 unspecified atom stereocenters. The zero-order valence-corrected chi connectivity index (χ0v) is 7.82. The Labute approximate surface area is 82.3 Å². The Balaban J connectivity index is 3.27. The van der Waals surface area contributed by atoms with Gasteiger partial charge in [-0.25, -0.2) is 9.00 Å². The molecule has 1 rings (SSSR count). The molecule has 0 bridgehead atoms. The van der Waals surface area contributed by atoms with Crippen molar-refractivity contribution >= 4 is 17.0 Å². The van der Waals surface area contributed by atoms with Gasteiger partial charge in [0.2, 0.25) is 0 Å². The van der Waals surface area contributed by atoms with Crippen molar-refractivity contribution in [3.8, 4) is 0 Å². The molecule has 14 heavy (non-hydrogen) atoms. The van der Waals surface area contributed by atoms with Gasteiger partial charge in [0.05, 0.1) is 17.1 Å². The molecule has 1 aromatic carbocycles. The number of carbonyl (C=O) groups is 1. The predicted molar refractivity (Wildman–Crippen MR) is 48.4 cm³/mol. The molecule has 1 aromatic rings. The van der Waals surface area contributed by atoms with Crippen molar-refractivity contribution in [3.63, 3.8) is 0 Å². The minimum atomic E-state index is -2.21. The third-order valence-corrected chi connectivity index (χ3v) is 2.34. The van der Waals surface area contributed by atoms with Gasteiger partial charge < -0.3 is 14.8 Å². The quantitative estimate of drug-likeness (QED) is 0.638. The maximum absolute atomic E-state index is 10.7. The third kappa shape index (κ3) is 2.16. The number of rotatable bonds is 3. The summed E-state index contributed by atoms with van der Waals surface area (Å²) in [5, 5.41) is 17.5. The lowest BCUT2D eigenvalue weighted by Crippen LogP contribution is -2.04. The van der Waals surface area contributed by atoms with E-state index in [1.807, 2.05) is 0 Å². The van der Waals surface area contributed by atoms with Crippen LogP contribution in [0.15, 0.2) is 23.1 Å². The van der Waals surface area contributed by atoms with E-state index in [2.05, 4.69) is 0 Å². The summed E-state index contributed by atoms with van der Waals surface area (Å²) in [5.74, 6) is -1.23. The average Bonchev–Trinajstić information content (AvgIpc) is 2.16. The van der Waals surface area contributed by atoms with E-state index < -0.39 is 23.7 Å². The molecule has 76 valence electrons. The molecule has 6 heteroatoms. The first-order valence-electron chi connectivity index (χ1n) is 3.64. The average molecular weight is 216 g/mol. The van der Waals surface area contributed by atoms with E-state index in [4.69, 9.17) is 14.8 Å². The Morgan fingerprint density at radius 1 is 1.43 bits per heavy atom. The van der Waals surface area contributed by atoms with Gasteiger partial charge >= 0.3 is 5.97 Å². The Morgan fingerprint density at radius 2 is 2.07 bits per heavy atom. The first kappa shape index (κ1) is 10.8. The number of carboxylic acids is 1. The van der Waals surface area contributed by atoms with E-state index in [1.165, 1.54) is 12.1 Å². The molecule has 0 radical (unpaired) electrons. The molecule has 0 fully saturated rings. The first-order valence-corrected chi connectivity index (χ1v) is 4.75. The number of hydrogen-bond donors (Lipinski definition) is 3. The van der Waals surface area contributed by atoms with Crippen molar-refractivity contribution in [2.75, 3.05) is 0 Å². The molecule has 0 saturated heterocycles. The van der Waals surface area contributed by atoms with Crippen LogP contribution < -0.4 is 0 Å². The Morgan fingerprint density at radius 3 is 2.50 bits per heavy atom. The van der Waals surface area contributed by atoms with Crippen molar-refractivity contribution in [1.29, 1.82) is 0 Å². The minimum Gasteiger partial charge on any atom is -0.478 e. The first-order chi connectivity index (χ1) is 6.56. The number of aliphatic hydroxyl groups excluding tert-OH is 1. The summed E-state index contributed by atoms with van der Waals surface area (Å²) in [6.45, 7) is -0.417. The van der Waals surface area contributed by atoms with E-state index in [9.17, 15) is 9.00 Å². The highest BCUT2D eigenvalue weighted by molar-refractivity contribution is 7.79. The number of hydrogen-bond acceptors (Lipinski definition) is 3. The summed E-state index contributed by atoms with van der Waals surface area (Å²) >= 11 is -2.21. The van der Waals surface area contributed by atoms with Crippen molar-refractivity contribution in [1.82, 2.24) is 0 Å². The molecule has 1 atom stereocenters. The fourth-order valence-corrected chi connectivity index (χ4v) is 1.40. The number of aliphatic hydroxyl groups is 1. The molecule has 0 aliphatic rings. The summed E-state index contributed by atoms with van der Waals surface area (Å²) < 4.78 is 19.3. The van der Waals surface area contributed by atoms with Crippen LogP contribution in [0.25, 0.3) is 0 Å². The SMILES string of the molecule is O=C(O)c1cc(S(=O)O)ccc1CO. The van der Waals surface area contributed by atoms with Crippen LogP contribution in [0.5, 0.6) is 0 Å². The van der Waals surface area contributed by atoms with Gasteiger partial charge in [-0.1, -0.05) is 6.07 Å². The normalized spacial score (nSPS) is 12.4. The molecule has 0 aliphatic heterocycles. The Kier molecular flexibility index (Phi) is 3.34. The van der Waals surface area contributed by atoms with E-state index in [1.54, 1.807) is 0 Å². The van der Waals surface area contributed by atoms with E-state index in [-0.39, 0.29) is 16.0 Å². The number of carboxylic acid groups (broad SMARTS) is 1. The standard InChI is InChI=1S/C8H8O5S/c9-4-5-1-2-6(14(12)13)3-7(5)8(10)11/h1-3,9H,4H2,(H,10,11)(H,12,13). The van der Waals surface area contributed by atoms with Gasteiger partial charge in [-0.2, -0.15) is 0 Å². The lowest BCUT2D eigenvalue weighted by Gasteiger charge is -2.03. The number of benzene rings is 1. The highest BCUT2D eigenvalue weighted by Crippen LogP contribution is 2.14. The van der Waals surface area contributed by atoms with Crippen molar-refractivity contribution in [2.45, 2.75) is 11.5 Å². The fraction of sp³-hybridized carbons (Fsp3) is 0.125. The molecule has 5 nitrogen and oxygen atoms in total. The zero-order chi connectivity index (χ0) is 10.7. The van der Waals surface area contributed by atoms with E-state index >= 15 is 0 Å². The van der Waals surface area contributed by atoms with Crippen LogP contribution in [0, 0.1) is 0 Å². The minimum absolute atomic E-state index is 0.000370. The topological polar surface area (TPSA) is 94.8 Å². The Hall–Kier alpha value is -1.24. The van der Waals surface area contributed by atoms with Crippen molar-refractivity contribution in [2.24, 2.45) is 0 Å². The van der Waals surface area contributed by atoms with Gasteiger partial charge in [-0.05, 0) is 17.7 Å². The van der Waals surface area contributed by atoms with Crippen LogP contribution in [0.1, 0.15) is 15.9 Å². The van der Waals surface area contributed by atoms with Gasteiger partial charge in [0.1, 0.15) is 0 Å². The van der Waals surface area contributed by atoms with Crippen LogP contribution >= 0.6 is 0 Å². The summed E-state index contributed by atoms with van der Waals surface area (Å²) in [6, 6.07) is 3.69. The van der Waals surface area contributed by atoms with E-state index in [0.717, 1.165) is 6.07 Å². The van der Waals surface area contributed by atoms with E-state index in [0.29, 0.717) is 0 Å². The molecule has 0 spiro atoms.